The van der Waals surface area contributed by atoms with Crippen LogP contribution in [0.25, 0.3) is 0 Å². The topological polar surface area (TPSA) is 75.7 Å². The van der Waals surface area contributed by atoms with Crippen LogP contribution in [0.4, 0.5) is 5.69 Å². The molecule has 1 N–H and O–H groups in total. The SMILES string of the molecule is COC(=O)c1sccc1NC(=O)c1cccc(CN2CCCC2=O)c1. The van der Waals surface area contributed by atoms with Crippen LogP contribution in [-0.4, -0.2) is 36.3 Å². The summed E-state index contributed by atoms with van der Waals surface area (Å²) >= 11 is 1.21. The number of thiophene rings is 1. The molecule has 6 nitrogen and oxygen atoms in total. The van der Waals surface area contributed by atoms with E-state index in [4.69, 9.17) is 4.74 Å². The first kappa shape index (κ1) is 17.2. The standard InChI is InChI=1S/C18H18N2O4S/c1-24-18(23)16-14(7-9-25-16)19-17(22)13-5-2-4-12(10-13)11-20-8-3-6-15(20)21/h2,4-5,7,9-10H,3,6,8,11H2,1H3,(H,19,22). The zero-order valence-corrected chi connectivity index (χ0v) is 14.6. The minimum atomic E-state index is -0.480. The number of carbonyl (C=O) groups is 3. The van der Waals surface area contributed by atoms with Gasteiger partial charge in [-0.2, -0.15) is 0 Å². The van der Waals surface area contributed by atoms with Crippen LogP contribution in [-0.2, 0) is 16.1 Å². The third-order valence-electron chi connectivity index (χ3n) is 4.02. The van der Waals surface area contributed by atoms with Gasteiger partial charge in [-0.15, -0.1) is 11.3 Å². The molecule has 1 aliphatic heterocycles. The Hall–Kier alpha value is -2.67. The molecule has 1 aliphatic rings. The summed E-state index contributed by atoms with van der Waals surface area (Å²) in [6, 6.07) is 8.83. The zero-order chi connectivity index (χ0) is 17.8. The van der Waals surface area contributed by atoms with E-state index in [1.54, 1.807) is 34.5 Å². The second kappa shape index (κ2) is 7.48. The molecule has 1 aromatic carbocycles. The lowest BCUT2D eigenvalue weighted by Gasteiger charge is -2.16. The van der Waals surface area contributed by atoms with Crippen molar-refractivity contribution in [1.82, 2.24) is 4.90 Å². The van der Waals surface area contributed by atoms with Crippen molar-refractivity contribution in [1.29, 1.82) is 0 Å². The first-order chi connectivity index (χ1) is 12.1. The second-order valence-corrected chi connectivity index (χ2v) is 6.64. The monoisotopic (exact) mass is 358 g/mol. The number of esters is 1. The average Bonchev–Trinajstić information content (AvgIpc) is 3.24. The molecule has 2 amide bonds. The van der Waals surface area contributed by atoms with Crippen molar-refractivity contribution in [2.75, 3.05) is 19.0 Å². The van der Waals surface area contributed by atoms with Gasteiger partial charge in [-0.3, -0.25) is 9.59 Å². The van der Waals surface area contributed by atoms with Gasteiger partial charge in [0.1, 0.15) is 4.88 Å². The molecule has 0 aliphatic carbocycles. The van der Waals surface area contributed by atoms with Crippen molar-refractivity contribution in [3.05, 3.63) is 51.7 Å². The molecule has 0 spiro atoms. The van der Waals surface area contributed by atoms with E-state index in [-0.39, 0.29) is 11.8 Å². The van der Waals surface area contributed by atoms with Crippen molar-refractivity contribution in [3.63, 3.8) is 0 Å². The molecule has 1 aromatic heterocycles. The van der Waals surface area contributed by atoms with Crippen LogP contribution in [0.5, 0.6) is 0 Å². The lowest BCUT2D eigenvalue weighted by atomic mass is 10.1. The summed E-state index contributed by atoms with van der Waals surface area (Å²) in [4.78, 5) is 38.1. The summed E-state index contributed by atoms with van der Waals surface area (Å²) in [7, 11) is 1.30. The Kier molecular flexibility index (Phi) is 5.14. The Morgan fingerprint density at radius 1 is 1.32 bits per heavy atom. The molecule has 25 heavy (non-hydrogen) atoms. The molecule has 0 atom stereocenters. The number of amides is 2. The third-order valence-corrected chi connectivity index (χ3v) is 4.91. The maximum Gasteiger partial charge on any atom is 0.350 e. The number of methoxy groups -OCH3 is 1. The summed E-state index contributed by atoms with van der Waals surface area (Å²) in [5.41, 5.74) is 1.81. The highest BCUT2D eigenvalue weighted by Gasteiger charge is 2.21. The molecule has 2 heterocycles. The molecule has 0 unspecified atom stereocenters. The number of ether oxygens (including phenoxy) is 1. The van der Waals surface area contributed by atoms with Gasteiger partial charge in [0.05, 0.1) is 12.8 Å². The van der Waals surface area contributed by atoms with E-state index >= 15 is 0 Å². The van der Waals surface area contributed by atoms with Crippen LogP contribution < -0.4 is 5.32 Å². The van der Waals surface area contributed by atoms with Crippen molar-refractivity contribution in [2.24, 2.45) is 0 Å². The molecule has 7 heteroatoms. The van der Waals surface area contributed by atoms with E-state index < -0.39 is 5.97 Å². The minimum absolute atomic E-state index is 0.149. The summed E-state index contributed by atoms with van der Waals surface area (Å²) in [6.45, 7) is 1.26. The number of anilines is 1. The second-order valence-electron chi connectivity index (χ2n) is 5.73. The lowest BCUT2D eigenvalue weighted by Crippen LogP contribution is -2.24. The van der Waals surface area contributed by atoms with Crippen LogP contribution in [0, 0.1) is 0 Å². The number of carbonyl (C=O) groups excluding carboxylic acids is 3. The van der Waals surface area contributed by atoms with E-state index in [1.807, 2.05) is 6.07 Å². The zero-order valence-electron chi connectivity index (χ0n) is 13.8. The molecular formula is C18H18N2O4S. The average molecular weight is 358 g/mol. The van der Waals surface area contributed by atoms with Crippen molar-refractivity contribution in [3.8, 4) is 0 Å². The van der Waals surface area contributed by atoms with Gasteiger partial charge in [0.25, 0.3) is 5.91 Å². The molecule has 0 saturated carbocycles. The largest absolute Gasteiger partial charge is 0.465 e. The van der Waals surface area contributed by atoms with Crippen LogP contribution in [0.15, 0.2) is 35.7 Å². The fourth-order valence-corrected chi connectivity index (χ4v) is 3.52. The Labute approximate surface area is 149 Å². The van der Waals surface area contributed by atoms with E-state index in [0.717, 1.165) is 18.5 Å². The predicted molar refractivity (Wildman–Crippen MR) is 94.7 cm³/mol. The van der Waals surface area contributed by atoms with E-state index in [0.29, 0.717) is 29.1 Å². The quantitative estimate of drug-likeness (QED) is 0.834. The van der Waals surface area contributed by atoms with Crippen molar-refractivity contribution in [2.45, 2.75) is 19.4 Å². The van der Waals surface area contributed by atoms with Gasteiger partial charge in [-0.1, -0.05) is 12.1 Å². The number of benzene rings is 1. The molecule has 1 saturated heterocycles. The maximum absolute atomic E-state index is 12.5. The molecule has 130 valence electrons. The summed E-state index contributed by atoms with van der Waals surface area (Å²) in [5, 5.41) is 4.46. The number of likely N-dealkylation sites (tertiary alicyclic amines) is 1. The predicted octanol–water partition coefficient (Wildman–Crippen LogP) is 2.91. The van der Waals surface area contributed by atoms with E-state index in [9.17, 15) is 14.4 Å². The van der Waals surface area contributed by atoms with Crippen LogP contribution in [0.3, 0.4) is 0 Å². The Balaban J connectivity index is 1.72. The van der Waals surface area contributed by atoms with Gasteiger partial charge in [0, 0.05) is 25.1 Å². The fraction of sp³-hybridized carbons (Fsp3) is 0.278. The van der Waals surface area contributed by atoms with Gasteiger partial charge >= 0.3 is 5.97 Å². The van der Waals surface area contributed by atoms with Crippen molar-refractivity contribution < 1.29 is 19.1 Å². The number of hydrogen-bond acceptors (Lipinski definition) is 5. The van der Waals surface area contributed by atoms with Gasteiger partial charge in [0.2, 0.25) is 5.91 Å². The first-order valence-electron chi connectivity index (χ1n) is 7.92. The maximum atomic E-state index is 12.5. The summed E-state index contributed by atoms with van der Waals surface area (Å²) < 4.78 is 4.71. The fourth-order valence-electron chi connectivity index (χ4n) is 2.76. The highest BCUT2D eigenvalue weighted by atomic mass is 32.1. The van der Waals surface area contributed by atoms with Gasteiger partial charge in [0.15, 0.2) is 0 Å². The van der Waals surface area contributed by atoms with Crippen LogP contribution in [0.1, 0.15) is 38.4 Å². The first-order valence-corrected chi connectivity index (χ1v) is 8.80. The number of nitrogens with zero attached hydrogens (tertiary/aromatic N) is 1. The highest BCUT2D eigenvalue weighted by molar-refractivity contribution is 7.12. The van der Waals surface area contributed by atoms with E-state index in [2.05, 4.69) is 5.32 Å². The Morgan fingerprint density at radius 2 is 2.16 bits per heavy atom. The molecular weight excluding hydrogens is 340 g/mol. The van der Waals surface area contributed by atoms with Crippen LogP contribution in [0.2, 0.25) is 0 Å². The highest BCUT2D eigenvalue weighted by Crippen LogP contribution is 2.24. The molecule has 0 radical (unpaired) electrons. The molecule has 1 fully saturated rings. The number of nitrogens with one attached hydrogen (secondary N) is 1. The van der Waals surface area contributed by atoms with E-state index in [1.165, 1.54) is 18.4 Å². The Morgan fingerprint density at radius 3 is 2.88 bits per heavy atom. The number of rotatable bonds is 5. The Bertz CT molecular complexity index is 815. The third kappa shape index (κ3) is 3.88. The lowest BCUT2D eigenvalue weighted by molar-refractivity contribution is -0.128. The molecule has 3 rings (SSSR count). The number of hydrogen-bond donors (Lipinski definition) is 1. The van der Waals surface area contributed by atoms with Crippen LogP contribution >= 0.6 is 11.3 Å². The molecule has 0 bridgehead atoms. The summed E-state index contributed by atoms with van der Waals surface area (Å²) in [5.74, 6) is -0.638. The molecule has 2 aromatic rings. The summed E-state index contributed by atoms with van der Waals surface area (Å²) in [6.07, 6.45) is 1.47. The normalized spacial score (nSPS) is 13.8. The van der Waals surface area contributed by atoms with Gasteiger partial charge < -0.3 is 15.0 Å². The minimum Gasteiger partial charge on any atom is -0.465 e. The van der Waals surface area contributed by atoms with Gasteiger partial charge in [-0.05, 0) is 35.6 Å². The smallest absolute Gasteiger partial charge is 0.350 e. The van der Waals surface area contributed by atoms with Gasteiger partial charge in [-0.25, -0.2) is 4.79 Å². The van der Waals surface area contributed by atoms with Crippen molar-refractivity contribution >= 4 is 34.8 Å².